The van der Waals surface area contributed by atoms with Crippen molar-refractivity contribution in [1.82, 2.24) is 0 Å². The topological polar surface area (TPSA) is 63.6 Å². The predicted molar refractivity (Wildman–Crippen MR) is 88.9 cm³/mol. The van der Waals surface area contributed by atoms with E-state index in [0.717, 1.165) is 25.7 Å². The average molecular weight is 314 g/mol. The number of hydrogen-bond donors (Lipinski definition) is 1. The number of hydrogen-bond acceptors (Lipinski definition) is 3. The maximum atomic E-state index is 10.4. The van der Waals surface area contributed by atoms with Gasteiger partial charge in [0.25, 0.3) is 0 Å². The Labute approximate surface area is 135 Å². The SMILES string of the molecule is CCC1CCC(=O)O1.CCCCCCCCCCCC(=O)O. The van der Waals surface area contributed by atoms with Crippen molar-refractivity contribution in [3.05, 3.63) is 0 Å². The molecule has 22 heavy (non-hydrogen) atoms. The summed E-state index contributed by atoms with van der Waals surface area (Å²) in [4.78, 5) is 20.6. The molecule has 1 aliphatic rings. The van der Waals surface area contributed by atoms with Crippen molar-refractivity contribution < 1.29 is 19.4 Å². The highest BCUT2D eigenvalue weighted by atomic mass is 16.5. The molecule has 1 N–H and O–H groups in total. The predicted octanol–water partition coefficient (Wildman–Crippen LogP) is 5.09. The molecule has 0 saturated carbocycles. The van der Waals surface area contributed by atoms with E-state index in [1.807, 2.05) is 6.92 Å². The van der Waals surface area contributed by atoms with Crippen LogP contribution in [0.15, 0.2) is 0 Å². The molecule has 0 aliphatic carbocycles. The zero-order valence-electron chi connectivity index (χ0n) is 14.4. The summed E-state index contributed by atoms with van der Waals surface area (Å²) in [6, 6.07) is 0. The Balaban J connectivity index is 0.000000461. The zero-order valence-corrected chi connectivity index (χ0v) is 14.4. The van der Waals surface area contributed by atoms with Gasteiger partial charge in [0.2, 0.25) is 0 Å². The largest absolute Gasteiger partial charge is 0.481 e. The number of unbranched alkanes of at least 4 members (excludes halogenated alkanes) is 8. The van der Waals surface area contributed by atoms with Crippen LogP contribution in [0.2, 0.25) is 0 Å². The van der Waals surface area contributed by atoms with E-state index in [1.165, 1.54) is 44.9 Å². The second-order valence-corrected chi connectivity index (χ2v) is 6.03. The van der Waals surface area contributed by atoms with Crippen molar-refractivity contribution in [2.45, 2.75) is 103 Å². The van der Waals surface area contributed by atoms with E-state index in [9.17, 15) is 9.59 Å². The number of ether oxygens (including phenoxy) is 1. The third-order valence-electron chi connectivity index (χ3n) is 3.92. The smallest absolute Gasteiger partial charge is 0.306 e. The Morgan fingerprint density at radius 2 is 1.59 bits per heavy atom. The first-order valence-corrected chi connectivity index (χ1v) is 9.01. The minimum absolute atomic E-state index is 0.0307. The number of carbonyl (C=O) groups excluding carboxylic acids is 1. The molecule has 0 aromatic rings. The number of carbonyl (C=O) groups is 2. The third kappa shape index (κ3) is 13.9. The fraction of sp³-hybridized carbons (Fsp3) is 0.889. The summed E-state index contributed by atoms with van der Waals surface area (Å²) in [7, 11) is 0. The van der Waals surface area contributed by atoms with Gasteiger partial charge < -0.3 is 9.84 Å². The third-order valence-corrected chi connectivity index (χ3v) is 3.92. The molecule has 1 rings (SSSR count). The lowest BCUT2D eigenvalue weighted by Gasteiger charge is -2.01. The summed E-state index contributed by atoms with van der Waals surface area (Å²) in [5.41, 5.74) is 0. The molecular formula is C18H34O4. The minimum atomic E-state index is -0.659. The summed E-state index contributed by atoms with van der Waals surface area (Å²) in [5.74, 6) is -0.690. The molecule has 0 radical (unpaired) electrons. The highest BCUT2D eigenvalue weighted by Crippen LogP contribution is 2.15. The lowest BCUT2D eigenvalue weighted by Crippen LogP contribution is -2.03. The first-order chi connectivity index (χ1) is 10.6. The first-order valence-electron chi connectivity index (χ1n) is 9.01. The lowest BCUT2D eigenvalue weighted by molar-refractivity contribution is -0.141. The number of cyclic esters (lactones) is 1. The van der Waals surface area contributed by atoms with Crippen molar-refractivity contribution >= 4 is 11.9 Å². The van der Waals surface area contributed by atoms with Crippen LogP contribution in [0, 0.1) is 0 Å². The average Bonchev–Trinajstić information content (AvgIpc) is 2.92. The van der Waals surface area contributed by atoms with Crippen LogP contribution in [0.4, 0.5) is 0 Å². The Kier molecular flexibility index (Phi) is 14.1. The van der Waals surface area contributed by atoms with Crippen LogP contribution in [-0.4, -0.2) is 23.1 Å². The molecule has 1 aliphatic heterocycles. The van der Waals surface area contributed by atoms with E-state index >= 15 is 0 Å². The van der Waals surface area contributed by atoms with Crippen LogP contribution in [0.3, 0.4) is 0 Å². The Morgan fingerprint density at radius 3 is 1.95 bits per heavy atom. The standard InChI is InChI=1S/C12H24O2.C6H10O2/c1-2-3-4-5-6-7-8-9-10-11-12(13)14;1-2-5-3-4-6(7)8-5/h2-11H2,1H3,(H,13,14);5H,2-4H2,1H3. The number of aliphatic carboxylic acids is 1. The Hall–Kier alpha value is -1.06. The van der Waals surface area contributed by atoms with Crippen molar-refractivity contribution in [3.63, 3.8) is 0 Å². The van der Waals surface area contributed by atoms with Gasteiger partial charge in [-0.05, 0) is 19.3 Å². The minimum Gasteiger partial charge on any atom is -0.481 e. The van der Waals surface area contributed by atoms with Gasteiger partial charge in [0.05, 0.1) is 0 Å². The summed E-state index contributed by atoms with van der Waals surface area (Å²) < 4.78 is 4.87. The Morgan fingerprint density at radius 1 is 1.05 bits per heavy atom. The van der Waals surface area contributed by atoms with Gasteiger partial charge in [-0.15, -0.1) is 0 Å². The maximum Gasteiger partial charge on any atom is 0.306 e. The normalized spacial score (nSPS) is 16.8. The van der Waals surface area contributed by atoms with Gasteiger partial charge in [-0.2, -0.15) is 0 Å². The van der Waals surface area contributed by atoms with Crippen LogP contribution in [0.25, 0.3) is 0 Å². The lowest BCUT2D eigenvalue weighted by atomic mass is 10.1. The molecule has 0 amide bonds. The molecule has 1 fully saturated rings. The number of carboxylic acids is 1. The van der Waals surface area contributed by atoms with Crippen molar-refractivity contribution in [2.24, 2.45) is 0 Å². The highest BCUT2D eigenvalue weighted by molar-refractivity contribution is 5.71. The molecule has 0 bridgehead atoms. The van der Waals surface area contributed by atoms with Crippen molar-refractivity contribution in [3.8, 4) is 0 Å². The summed E-state index contributed by atoms with van der Waals surface area (Å²) in [6.45, 7) is 4.26. The van der Waals surface area contributed by atoms with E-state index in [2.05, 4.69) is 6.92 Å². The van der Waals surface area contributed by atoms with E-state index < -0.39 is 5.97 Å². The fourth-order valence-electron chi connectivity index (χ4n) is 2.46. The van der Waals surface area contributed by atoms with Gasteiger partial charge in [-0.1, -0.05) is 65.2 Å². The second kappa shape index (κ2) is 14.9. The number of rotatable bonds is 11. The molecule has 1 unspecified atom stereocenters. The van der Waals surface area contributed by atoms with Crippen LogP contribution in [0.1, 0.15) is 97.3 Å². The maximum absolute atomic E-state index is 10.4. The second-order valence-electron chi connectivity index (χ2n) is 6.03. The zero-order chi connectivity index (χ0) is 16.6. The highest BCUT2D eigenvalue weighted by Gasteiger charge is 2.20. The van der Waals surface area contributed by atoms with Gasteiger partial charge in [0.1, 0.15) is 6.10 Å². The van der Waals surface area contributed by atoms with Crippen molar-refractivity contribution in [1.29, 1.82) is 0 Å². The molecule has 0 spiro atoms. The number of carboxylic acid groups (broad SMARTS) is 1. The first kappa shape index (κ1) is 20.9. The summed E-state index contributed by atoms with van der Waals surface area (Å²) in [5, 5.41) is 8.41. The molecule has 1 saturated heterocycles. The van der Waals surface area contributed by atoms with Gasteiger partial charge in [-0.3, -0.25) is 9.59 Å². The van der Waals surface area contributed by atoms with Crippen LogP contribution >= 0.6 is 0 Å². The van der Waals surface area contributed by atoms with Crippen molar-refractivity contribution in [2.75, 3.05) is 0 Å². The fourth-order valence-corrected chi connectivity index (χ4v) is 2.46. The molecule has 1 heterocycles. The molecule has 0 aromatic carbocycles. The summed E-state index contributed by atoms with van der Waals surface area (Å²) >= 11 is 0. The van der Waals surface area contributed by atoms with E-state index in [4.69, 9.17) is 9.84 Å². The van der Waals surface area contributed by atoms with Crippen LogP contribution in [0.5, 0.6) is 0 Å². The molecule has 130 valence electrons. The van der Waals surface area contributed by atoms with Gasteiger partial charge in [-0.25, -0.2) is 0 Å². The number of esters is 1. The van der Waals surface area contributed by atoms with E-state index in [0.29, 0.717) is 12.8 Å². The molecular weight excluding hydrogens is 280 g/mol. The quantitative estimate of drug-likeness (QED) is 0.426. The van der Waals surface area contributed by atoms with Gasteiger partial charge in [0, 0.05) is 12.8 Å². The monoisotopic (exact) mass is 314 g/mol. The van der Waals surface area contributed by atoms with Gasteiger partial charge in [0.15, 0.2) is 0 Å². The Bertz CT molecular complexity index is 289. The molecule has 4 nitrogen and oxygen atoms in total. The molecule has 4 heteroatoms. The van der Waals surface area contributed by atoms with Gasteiger partial charge >= 0.3 is 11.9 Å². The van der Waals surface area contributed by atoms with Crippen LogP contribution < -0.4 is 0 Å². The summed E-state index contributed by atoms with van der Waals surface area (Å²) in [6.07, 6.45) is 14.2. The molecule has 1 atom stereocenters. The van der Waals surface area contributed by atoms with Crippen LogP contribution in [-0.2, 0) is 14.3 Å². The van der Waals surface area contributed by atoms with E-state index in [-0.39, 0.29) is 12.1 Å². The molecule has 0 aromatic heterocycles. The van der Waals surface area contributed by atoms with E-state index in [1.54, 1.807) is 0 Å².